The van der Waals surface area contributed by atoms with Crippen LogP contribution in [0.15, 0.2) is 394 Å². The topological polar surface area (TPSA) is 70.6 Å². The molecule has 21 rings (SSSR count). The average molecular weight is 1500 g/mol. The first-order valence-electron chi connectivity index (χ1n) is 35.7. The SMILES string of the molecule is Brc1ccc2c3ccc(Br)cc3c3oc(-c4cccc5ccccc45)nc3c2c1.c1ccc(N(c2ccc3c4ccc(N(c5ccccc5)c5cccc6ccccc56)cc4c4oc(-c5cccc6ccccc56)nc4c3c2)c2cccc3ccccc23)cc1.c1ccc(Nc2cccc3ccccc23)cc1. The number of para-hydroxylation sites is 3. The van der Waals surface area contributed by atoms with Crippen molar-refractivity contribution < 1.29 is 8.83 Å². The van der Waals surface area contributed by atoms with Crippen molar-refractivity contribution in [2.24, 2.45) is 0 Å². The molecule has 0 bridgehead atoms. The molecular formula is C98H63Br2N5O2. The van der Waals surface area contributed by atoms with Crippen molar-refractivity contribution in [2.75, 3.05) is 15.1 Å². The number of anilines is 8. The first-order chi connectivity index (χ1) is 52.9. The Morgan fingerprint density at radius 3 is 1.07 bits per heavy atom. The molecule has 0 saturated heterocycles. The number of hydrogen-bond acceptors (Lipinski definition) is 7. The molecule has 19 aromatic carbocycles. The van der Waals surface area contributed by atoms with Crippen LogP contribution in [0.25, 0.3) is 142 Å². The van der Waals surface area contributed by atoms with Gasteiger partial charge in [0.2, 0.25) is 11.8 Å². The van der Waals surface area contributed by atoms with E-state index in [-0.39, 0.29) is 0 Å². The molecule has 0 amide bonds. The predicted octanol–water partition coefficient (Wildman–Crippen LogP) is 29.3. The highest BCUT2D eigenvalue weighted by Crippen LogP contribution is 2.48. The smallest absolute Gasteiger partial charge is 0.227 e. The van der Waals surface area contributed by atoms with Gasteiger partial charge in [0.15, 0.2) is 11.2 Å². The second-order valence-electron chi connectivity index (χ2n) is 26.6. The van der Waals surface area contributed by atoms with Crippen LogP contribution in [0, 0.1) is 0 Å². The summed E-state index contributed by atoms with van der Waals surface area (Å²) in [5.41, 5.74) is 13.9. The lowest BCUT2D eigenvalue weighted by molar-refractivity contribution is 0.623. The van der Waals surface area contributed by atoms with Crippen LogP contribution in [0.2, 0.25) is 0 Å². The number of rotatable bonds is 10. The highest BCUT2D eigenvalue weighted by molar-refractivity contribution is 9.10. The third kappa shape index (κ3) is 12.1. The Labute approximate surface area is 633 Å². The molecular weight excluding hydrogens is 1440 g/mol. The molecule has 2 aromatic heterocycles. The number of hydrogen-bond donors (Lipinski definition) is 1. The van der Waals surface area contributed by atoms with Crippen molar-refractivity contribution in [2.45, 2.75) is 0 Å². The van der Waals surface area contributed by atoms with Gasteiger partial charge >= 0.3 is 0 Å². The average Bonchev–Trinajstić information content (AvgIpc) is 1.68. The predicted molar refractivity (Wildman–Crippen MR) is 457 cm³/mol. The number of halogens is 2. The highest BCUT2D eigenvalue weighted by atomic mass is 79.9. The molecule has 0 aliphatic carbocycles. The third-order valence-electron chi connectivity index (χ3n) is 20.2. The minimum atomic E-state index is 0.597. The minimum absolute atomic E-state index is 0.597. The summed E-state index contributed by atoms with van der Waals surface area (Å²) in [6.45, 7) is 0. The van der Waals surface area contributed by atoms with E-state index in [0.29, 0.717) is 11.8 Å². The fraction of sp³-hybridized carbons (Fsp3) is 0. The molecule has 0 atom stereocenters. The lowest BCUT2D eigenvalue weighted by atomic mass is 9.98. The Bertz CT molecular complexity index is 6680. The minimum Gasteiger partial charge on any atom is -0.435 e. The molecule has 0 unspecified atom stereocenters. The summed E-state index contributed by atoms with van der Waals surface area (Å²) in [4.78, 5) is 15.1. The fourth-order valence-electron chi connectivity index (χ4n) is 15.3. The fourth-order valence-corrected chi connectivity index (χ4v) is 16.1. The molecule has 506 valence electrons. The highest BCUT2D eigenvalue weighted by Gasteiger charge is 2.25. The van der Waals surface area contributed by atoms with Crippen LogP contribution in [-0.2, 0) is 0 Å². The van der Waals surface area contributed by atoms with Crippen molar-refractivity contribution >= 4 is 197 Å². The summed E-state index contributed by atoms with van der Waals surface area (Å²) in [6, 6.07) is 132. The molecule has 0 spiro atoms. The van der Waals surface area contributed by atoms with E-state index in [4.69, 9.17) is 18.8 Å². The van der Waals surface area contributed by atoms with Crippen molar-refractivity contribution in [3.05, 3.63) is 385 Å². The first kappa shape index (κ1) is 64.6. The molecule has 9 heteroatoms. The number of nitrogens with zero attached hydrogens (tertiary/aromatic N) is 4. The Balaban J connectivity index is 0.000000138. The van der Waals surface area contributed by atoms with Crippen LogP contribution < -0.4 is 15.1 Å². The molecule has 107 heavy (non-hydrogen) atoms. The van der Waals surface area contributed by atoms with Gasteiger partial charge in [0, 0.05) is 91.9 Å². The van der Waals surface area contributed by atoms with Gasteiger partial charge in [-0.15, -0.1) is 0 Å². The zero-order valence-corrected chi connectivity index (χ0v) is 60.8. The molecule has 0 saturated carbocycles. The third-order valence-corrected chi connectivity index (χ3v) is 21.2. The van der Waals surface area contributed by atoms with Crippen molar-refractivity contribution in [1.29, 1.82) is 0 Å². The summed E-state index contributed by atoms with van der Waals surface area (Å²) in [5.74, 6) is 1.24. The lowest BCUT2D eigenvalue weighted by Crippen LogP contribution is -2.10. The van der Waals surface area contributed by atoms with Gasteiger partial charge in [0.1, 0.15) is 11.0 Å². The maximum Gasteiger partial charge on any atom is 0.227 e. The second-order valence-corrected chi connectivity index (χ2v) is 28.5. The van der Waals surface area contributed by atoms with Crippen molar-refractivity contribution in [1.82, 2.24) is 9.97 Å². The zero-order chi connectivity index (χ0) is 71.3. The summed E-state index contributed by atoms with van der Waals surface area (Å²) in [6.07, 6.45) is 0. The lowest BCUT2D eigenvalue weighted by Gasteiger charge is -2.28. The number of benzene rings is 19. The Morgan fingerprint density at radius 2 is 0.579 bits per heavy atom. The van der Waals surface area contributed by atoms with Gasteiger partial charge < -0.3 is 24.0 Å². The molecule has 7 nitrogen and oxygen atoms in total. The molecule has 1 N–H and O–H groups in total. The quantitative estimate of drug-likeness (QED) is 0.137. The van der Waals surface area contributed by atoms with E-state index in [1.165, 1.54) is 43.1 Å². The summed E-state index contributed by atoms with van der Waals surface area (Å²) in [7, 11) is 0. The van der Waals surface area contributed by atoms with Crippen LogP contribution >= 0.6 is 31.9 Å². The van der Waals surface area contributed by atoms with E-state index in [0.717, 1.165) is 142 Å². The van der Waals surface area contributed by atoms with Crippen LogP contribution in [-0.4, -0.2) is 9.97 Å². The summed E-state index contributed by atoms with van der Waals surface area (Å²) in [5, 5.41) is 23.9. The molecule has 0 aliphatic heterocycles. The van der Waals surface area contributed by atoms with E-state index in [1.807, 2.05) is 30.3 Å². The van der Waals surface area contributed by atoms with E-state index in [2.05, 4.69) is 393 Å². The summed E-state index contributed by atoms with van der Waals surface area (Å²) >= 11 is 7.22. The Kier molecular flexibility index (Phi) is 16.8. The molecule has 0 radical (unpaired) electrons. The number of oxazole rings is 2. The van der Waals surface area contributed by atoms with Gasteiger partial charge in [-0.05, 0) is 175 Å². The van der Waals surface area contributed by atoms with E-state index in [1.54, 1.807) is 0 Å². The van der Waals surface area contributed by atoms with E-state index >= 15 is 0 Å². The maximum atomic E-state index is 7.08. The number of nitrogens with one attached hydrogen (secondary N) is 1. The maximum absolute atomic E-state index is 7.08. The molecule has 0 fully saturated rings. The normalized spacial score (nSPS) is 11.5. The van der Waals surface area contributed by atoms with Crippen molar-refractivity contribution in [3.63, 3.8) is 0 Å². The van der Waals surface area contributed by atoms with E-state index in [9.17, 15) is 0 Å². The summed E-state index contributed by atoms with van der Waals surface area (Å²) < 4.78 is 15.6. The number of aromatic nitrogens is 2. The molecule has 2 heterocycles. The zero-order valence-electron chi connectivity index (χ0n) is 57.7. The van der Waals surface area contributed by atoms with Gasteiger partial charge in [-0.3, -0.25) is 0 Å². The van der Waals surface area contributed by atoms with Crippen LogP contribution in [0.1, 0.15) is 0 Å². The monoisotopic (exact) mass is 1500 g/mol. The number of fused-ring (bicyclic) bond motifs is 17. The molecule has 21 aromatic rings. The Hall–Kier alpha value is -13.2. The van der Waals surface area contributed by atoms with Gasteiger partial charge in [-0.2, -0.15) is 0 Å². The van der Waals surface area contributed by atoms with Gasteiger partial charge in [-0.1, -0.05) is 293 Å². The van der Waals surface area contributed by atoms with Crippen molar-refractivity contribution in [3.8, 4) is 22.9 Å². The first-order valence-corrected chi connectivity index (χ1v) is 37.3. The van der Waals surface area contributed by atoms with E-state index < -0.39 is 0 Å². The van der Waals surface area contributed by atoms with Gasteiger partial charge in [-0.25, -0.2) is 9.97 Å². The van der Waals surface area contributed by atoms with Crippen LogP contribution in [0.5, 0.6) is 0 Å². The van der Waals surface area contributed by atoms with Gasteiger partial charge in [0.25, 0.3) is 0 Å². The standard InChI is InChI=1S/C57H37N3O.C25H13Br2NO.C16H13N/c1-3-22-41(23-4-1)59(53-30-14-20-39-17-8-11-27-46(39)53)43-32-34-48-49-35-33-44(60(42-24-5-2-6-25-42)54-31-15-21-40-18-9-12-28-47(40)54)37-52(49)56-55(51(48)36-43)58-57(61-56)50-29-13-19-38-16-7-10-26-45(38)50;26-15-8-10-18-19-11-9-16(27)13-22(19)24-23(21(18)12-15)28-25(29-24)20-7-3-5-14-4-1-2-6-17(14)20;1-2-9-14(10-3-1)17-16-12-6-8-13-7-4-5-11-15(13)16/h1-37H;1-13H;1-12,17H. The van der Waals surface area contributed by atoms with Crippen LogP contribution in [0.3, 0.4) is 0 Å². The molecule has 0 aliphatic rings. The second kappa shape index (κ2) is 27.8. The largest absolute Gasteiger partial charge is 0.435 e. The van der Waals surface area contributed by atoms with Gasteiger partial charge in [0.05, 0.1) is 11.4 Å². The van der Waals surface area contributed by atoms with Crippen LogP contribution in [0.4, 0.5) is 45.5 Å². The Morgan fingerprint density at radius 1 is 0.243 bits per heavy atom.